The summed E-state index contributed by atoms with van der Waals surface area (Å²) < 4.78 is 0. The van der Waals surface area contributed by atoms with Gasteiger partial charge in [-0.05, 0) is 37.5 Å². The maximum atomic E-state index is 11.3. The van der Waals surface area contributed by atoms with E-state index in [-0.39, 0.29) is 12.0 Å². The second kappa shape index (κ2) is 4.82. The fourth-order valence-corrected chi connectivity index (χ4v) is 4.15. The number of rotatable bonds is 1. The first-order valence-corrected chi connectivity index (χ1v) is 7.31. The SMILES string of the molecule is CC(=O)N1CCC(N2C[C@H]3CC(O)C[C@H]3C2)CC1. The highest BCUT2D eigenvalue weighted by molar-refractivity contribution is 5.73. The van der Waals surface area contributed by atoms with E-state index in [4.69, 9.17) is 0 Å². The molecule has 0 bridgehead atoms. The monoisotopic (exact) mass is 252 g/mol. The van der Waals surface area contributed by atoms with Gasteiger partial charge < -0.3 is 10.0 Å². The fraction of sp³-hybridized carbons (Fsp3) is 0.929. The normalized spacial score (nSPS) is 38.1. The van der Waals surface area contributed by atoms with Crippen molar-refractivity contribution in [2.24, 2.45) is 11.8 Å². The molecule has 0 radical (unpaired) electrons. The summed E-state index contributed by atoms with van der Waals surface area (Å²) in [7, 11) is 0. The van der Waals surface area contributed by atoms with Gasteiger partial charge in [0.05, 0.1) is 6.10 Å². The first-order valence-electron chi connectivity index (χ1n) is 7.31. The minimum atomic E-state index is -0.0401. The molecule has 3 fully saturated rings. The summed E-state index contributed by atoms with van der Waals surface area (Å²) in [6.45, 7) is 5.86. The predicted octanol–water partition coefficient (Wildman–Crippen LogP) is 0.700. The molecule has 3 aliphatic rings. The number of hydrogen-bond donors (Lipinski definition) is 1. The molecule has 4 nitrogen and oxygen atoms in total. The molecule has 0 aromatic carbocycles. The van der Waals surface area contributed by atoms with Crippen LogP contribution in [0.1, 0.15) is 32.6 Å². The zero-order valence-corrected chi connectivity index (χ0v) is 11.2. The van der Waals surface area contributed by atoms with Gasteiger partial charge in [0.25, 0.3) is 0 Å². The number of carbonyl (C=O) groups is 1. The van der Waals surface area contributed by atoms with Crippen LogP contribution in [0.15, 0.2) is 0 Å². The molecule has 1 unspecified atom stereocenters. The Morgan fingerprint density at radius 2 is 1.67 bits per heavy atom. The second-order valence-corrected chi connectivity index (χ2v) is 6.34. The molecule has 1 aliphatic carbocycles. The molecule has 2 saturated heterocycles. The van der Waals surface area contributed by atoms with E-state index in [1.165, 1.54) is 13.1 Å². The molecule has 2 heterocycles. The molecule has 1 N–H and O–H groups in total. The number of hydrogen-bond acceptors (Lipinski definition) is 3. The first kappa shape index (κ1) is 12.4. The smallest absolute Gasteiger partial charge is 0.219 e. The van der Waals surface area contributed by atoms with Crippen LogP contribution in [0.5, 0.6) is 0 Å². The van der Waals surface area contributed by atoms with E-state index in [9.17, 15) is 9.90 Å². The second-order valence-electron chi connectivity index (χ2n) is 6.34. The van der Waals surface area contributed by atoms with E-state index >= 15 is 0 Å². The quantitative estimate of drug-likeness (QED) is 0.747. The summed E-state index contributed by atoms with van der Waals surface area (Å²) in [5.74, 6) is 1.67. The number of likely N-dealkylation sites (tertiary alicyclic amines) is 2. The highest BCUT2D eigenvalue weighted by atomic mass is 16.3. The Kier molecular flexibility index (Phi) is 3.32. The van der Waals surface area contributed by atoms with Crippen molar-refractivity contribution in [3.63, 3.8) is 0 Å². The Morgan fingerprint density at radius 3 is 2.17 bits per heavy atom. The molecule has 1 amide bonds. The van der Waals surface area contributed by atoms with Crippen molar-refractivity contribution in [1.29, 1.82) is 0 Å². The molecule has 102 valence electrons. The molecule has 18 heavy (non-hydrogen) atoms. The number of nitrogens with zero attached hydrogens (tertiary/aromatic N) is 2. The molecule has 0 spiro atoms. The third-order valence-electron chi connectivity index (χ3n) is 5.18. The van der Waals surface area contributed by atoms with Crippen LogP contribution in [0.3, 0.4) is 0 Å². The minimum Gasteiger partial charge on any atom is -0.393 e. The van der Waals surface area contributed by atoms with E-state index < -0.39 is 0 Å². The van der Waals surface area contributed by atoms with Crippen molar-refractivity contribution in [3.05, 3.63) is 0 Å². The van der Waals surface area contributed by atoms with Crippen molar-refractivity contribution in [2.75, 3.05) is 26.2 Å². The van der Waals surface area contributed by atoms with E-state index in [1.807, 2.05) is 4.90 Å². The number of amides is 1. The van der Waals surface area contributed by atoms with Crippen LogP contribution in [0, 0.1) is 11.8 Å². The average molecular weight is 252 g/mol. The lowest BCUT2D eigenvalue weighted by Gasteiger charge is -2.36. The van der Waals surface area contributed by atoms with Gasteiger partial charge in [-0.3, -0.25) is 9.69 Å². The standard InChI is InChI=1S/C14H24N2O2/c1-10(17)15-4-2-13(3-5-15)16-8-11-6-14(18)7-12(11)9-16/h11-14,18H,2-9H2,1H3/t11-,12+,14?. The van der Waals surface area contributed by atoms with Crippen LogP contribution >= 0.6 is 0 Å². The molecular formula is C14H24N2O2. The number of piperidine rings is 1. The van der Waals surface area contributed by atoms with Crippen molar-refractivity contribution in [3.8, 4) is 0 Å². The zero-order valence-electron chi connectivity index (χ0n) is 11.2. The molecule has 1 saturated carbocycles. The minimum absolute atomic E-state index is 0.0401. The highest BCUT2D eigenvalue weighted by Crippen LogP contribution is 2.39. The van der Waals surface area contributed by atoms with Crippen molar-refractivity contribution in [2.45, 2.75) is 44.8 Å². The van der Waals surface area contributed by atoms with E-state index in [0.29, 0.717) is 6.04 Å². The van der Waals surface area contributed by atoms with Crippen LogP contribution < -0.4 is 0 Å². The molecule has 0 aromatic heterocycles. The summed E-state index contributed by atoms with van der Waals surface area (Å²) in [4.78, 5) is 15.9. The summed E-state index contributed by atoms with van der Waals surface area (Å²) in [5.41, 5.74) is 0. The number of aliphatic hydroxyl groups excluding tert-OH is 1. The van der Waals surface area contributed by atoms with Crippen LogP contribution in [-0.2, 0) is 4.79 Å². The maximum absolute atomic E-state index is 11.3. The predicted molar refractivity (Wildman–Crippen MR) is 69.1 cm³/mol. The molecule has 3 atom stereocenters. The Hall–Kier alpha value is -0.610. The van der Waals surface area contributed by atoms with Crippen molar-refractivity contribution < 1.29 is 9.90 Å². The van der Waals surface area contributed by atoms with Gasteiger partial charge >= 0.3 is 0 Å². The Labute approximate surface area is 109 Å². The number of fused-ring (bicyclic) bond motifs is 1. The summed E-state index contributed by atoms with van der Waals surface area (Å²) in [6, 6.07) is 0.670. The maximum Gasteiger partial charge on any atom is 0.219 e. The van der Waals surface area contributed by atoms with Crippen LogP contribution in [0.25, 0.3) is 0 Å². The highest BCUT2D eigenvalue weighted by Gasteiger charge is 2.42. The fourth-order valence-electron chi connectivity index (χ4n) is 4.15. The van der Waals surface area contributed by atoms with E-state index in [2.05, 4.69) is 4.90 Å². The number of aliphatic hydroxyl groups is 1. The van der Waals surface area contributed by atoms with Gasteiger partial charge in [0.1, 0.15) is 0 Å². The zero-order chi connectivity index (χ0) is 12.7. The molecule has 0 aromatic rings. The molecule has 3 rings (SSSR count). The topological polar surface area (TPSA) is 43.8 Å². The average Bonchev–Trinajstić information content (AvgIpc) is 2.86. The lowest BCUT2D eigenvalue weighted by atomic mass is 10.0. The van der Waals surface area contributed by atoms with Crippen LogP contribution in [0.2, 0.25) is 0 Å². The van der Waals surface area contributed by atoms with Crippen molar-refractivity contribution >= 4 is 5.91 Å². The third-order valence-corrected chi connectivity index (χ3v) is 5.18. The van der Waals surface area contributed by atoms with Gasteiger partial charge in [0, 0.05) is 39.1 Å². The molecule has 2 aliphatic heterocycles. The van der Waals surface area contributed by atoms with Crippen LogP contribution in [-0.4, -0.2) is 59.1 Å². The Balaban J connectivity index is 1.51. The van der Waals surface area contributed by atoms with Gasteiger partial charge in [-0.2, -0.15) is 0 Å². The third kappa shape index (κ3) is 2.28. The Bertz CT molecular complexity index is 312. The molecular weight excluding hydrogens is 228 g/mol. The summed E-state index contributed by atoms with van der Waals surface area (Å²) in [5, 5.41) is 9.66. The van der Waals surface area contributed by atoms with Gasteiger partial charge in [0.15, 0.2) is 0 Å². The summed E-state index contributed by atoms with van der Waals surface area (Å²) in [6.07, 6.45) is 4.23. The lowest BCUT2D eigenvalue weighted by Crippen LogP contribution is -2.45. The van der Waals surface area contributed by atoms with Gasteiger partial charge in [0.2, 0.25) is 5.91 Å². The van der Waals surface area contributed by atoms with Gasteiger partial charge in [-0.15, -0.1) is 0 Å². The van der Waals surface area contributed by atoms with E-state index in [1.54, 1.807) is 6.92 Å². The van der Waals surface area contributed by atoms with Gasteiger partial charge in [-0.25, -0.2) is 0 Å². The Morgan fingerprint density at radius 1 is 1.11 bits per heavy atom. The molecule has 4 heteroatoms. The van der Waals surface area contributed by atoms with Gasteiger partial charge in [-0.1, -0.05) is 0 Å². The lowest BCUT2D eigenvalue weighted by molar-refractivity contribution is -0.130. The van der Waals surface area contributed by atoms with Crippen LogP contribution in [0.4, 0.5) is 0 Å². The summed E-state index contributed by atoms with van der Waals surface area (Å²) >= 11 is 0. The number of carbonyl (C=O) groups excluding carboxylic acids is 1. The van der Waals surface area contributed by atoms with Crippen molar-refractivity contribution in [1.82, 2.24) is 9.80 Å². The first-order chi connectivity index (χ1) is 8.63. The van der Waals surface area contributed by atoms with E-state index in [0.717, 1.165) is 50.6 Å². The largest absolute Gasteiger partial charge is 0.393 e.